The highest BCUT2D eigenvalue weighted by Gasteiger charge is 2.09. The van der Waals surface area contributed by atoms with Gasteiger partial charge in [0.05, 0.1) is 0 Å². The zero-order valence-corrected chi connectivity index (χ0v) is 13.3. The number of rotatable bonds is 7. The second kappa shape index (κ2) is 7.73. The Bertz CT molecular complexity index is 619. The molecule has 0 N–H and O–H groups in total. The molecule has 1 aromatic heterocycles. The molecular formula is C17H22FN3O. The second-order valence-corrected chi connectivity index (χ2v) is 5.16. The van der Waals surface area contributed by atoms with E-state index in [1.165, 1.54) is 18.5 Å². The lowest BCUT2D eigenvalue weighted by Gasteiger charge is -2.21. The Morgan fingerprint density at radius 3 is 2.68 bits per heavy atom. The van der Waals surface area contributed by atoms with Gasteiger partial charge in [0.25, 0.3) is 0 Å². The summed E-state index contributed by atoms with van der Waals surface area (Å²) in [4.78, 5) is 10.6. The Balaban J connectivity index is 2.17. The third-order valence-electron chi connectivity index (χ3n) is 3.47. The van der Waals surface area contributed by atoms with E-state index in [1.807, 2.05) is 6.07 Å². The van der Waals surface area contributed by atoms with Crippen LogP contribution < -0.4 is 9.64 Å². The molecular weight excluding hydrogens is 281 g/mol. The first-order valence-electron chi connectivity index (χ1n) is 7.65. The van der Waals surface area contributed by atoms with E-state index in [0.717, 1.165) is 37.3 Å². The maximum atomic E-state index is 13.1. The summed E-state index contributed by atoms with van der Waals surface area (Å²) in [6, 6.07) is 6.25. The second-order valence-electron chi connectivity index (χ2n) is 5.16. The van der Waals surface area contributed by atoms with Gasteiger partial charge in [-0.3, -0.25) is 0 Å². The molecule has 0 atom stereocenters. The predicted octanol–water partition coefficient (Wildman–Crippen LogP) is 4.34. The Morgan fingerprint density at radius 1 is 1.18 bits per heavy atom. The Hall–Kier alpha value is -2.17. The topological polar surface area (TPSA) is 38.2 Å². The molecule has 1 heterocycles. The number of hydrogen-bond donors (Lipinski definition) is 0. The van der Waals surface area contributed by atoms with Crippen LogP contribution in [0.15, 0.2) is 30.6 Å². The third-order valence-corrected chi connectivity index (χ3v) is 3.47. The monoisotopic (exact) mass is 303 g/mol. The number of unbranched alkanes of at least 4 members (excludes halogenated alkanes) is 1. The Kier molecular flexibility index (Phi) is 5.69. The van der Waals surface area contributed by atoms with Gasteiger partial charge in [-0.2, -0.15) is 0 Å². The molecule has 0 aliphatic rings. The minimum Gasteiger partial charge on any atom is -0.439 e. The molecule has 1 aromatic carbocycles. The summed E-state index contributed by atoms with van der Waals surface area (Å²) in [6.07, 6.45) is 3.75. The van der Waals surface area contributed by atoms with Crippen LogP contribution >= 0.6 is 0 Å². The van der Waals surface area contributed by atoms with Crippen LogP contribution in [-0.2, 0) is 0 Å². The van der Waals surface area contributed by atoms with E-state index in [-0.39, 0.29) is 5.82 Å². The fourth-order valence-electron chi connectivity index (χ4n) is 2.18. The van der Waals surface area contributed by atoms with Gasteiger partial charge in [-0.05, 0) is 44.0 Å². The summed E-state index contributed by atoms with van der Waals surface area (Å²) >= 11 is 0. The maximum Gasteiger partial charge on any atom is 0.224 e. The molecule has 0 aliphatic heterocycles. The van der Waals surface area contributed by atoms with Crippen LogP contribution in [0.1, 0.15) is 32.3 Å². The molecule has 2 rings (SSSR count). The Morgan fingerprint density at radius 2 is 2.00 bits per heavy atom. The van der Waals surface area contributed by atoms with Crippen LogP contribution in [0.2, 0.25) is 0 Å². The molecule has 0 amide bonds. The molecule has 0 unspecified atom stereocenters. The van der Waals surface area contributed by atoms with Crippen molar-refractivity contribution >= 4 is 5.82 Å². The van der Waals surface area contributed by atoms with Gasteiger partial charge in [0.1, 0.15) is 23.7 Å². The third kappa shape index (κ3) is 4.16. The van der Waals surface area contributed by atoms with E-state index < -0.39 is 0 Å². The molecule has 0 saturated heterocycles. The zero-order valence-electron chi connectivity index (χ0n) is 13.3. The van der Waals surface area contributed by atoms with Crippen molar-refractivity contribution in [2.75, 3.05) is 18.0 Å². The summed E-state index contributed by atoms with van der Waals surface area (Å²) in [5, 5.41) is 0. The fraction of sp³-hybridized carbons (Fsp3) is 0.412. The van der Waals surface area contributed by atoms with E-state index >= 15 is 0 Å². The van der Waals surface area contributed by atoms with Gasteiger partial charge in [-0.15, -0.1) is 0 Å². The summed E-state index contributed by atoms with van der Waals surface area (Å²) in [5.74, 6) is 1.64. The number of aryl methyl sites for hydroxylation is 1. The molecule has 0 saturated carbocycles. The van der Waals surface area contributed by atoms with Crippen LogP contribution in [-0.4, -0.2) is 23.1 Å². The lowest BCUT2D eigenvalue weighted by atomic mass is 10.2. The lowest BCUT2D eigenvalue weighted by molar-refractivity contribution is 0.456. The van der Waals surface area contributed by atoms with Gasteiger partial charge in [-0.1, -0.05) is 13.3 Å². The van der Waals surface area contributed by atoms with Gasteiger partial charge in [-0.25, -0.2) is 14.4 Å². The Labute approximate surface area is 131 Å². The van der Waals surface area contributed by atoms with Crippen molar-refractivity contribution in [3.8, 4) is 11.6 Å². The predicted molar refractivity (Wildman–Crippen MR) is 86.0 cm³/mol. The van der Waals surface area contributed by atoms with Crippen molar-refractivity contribution in [3.05, 3.63) is 42.0 Å². The molecule has 22 heavy (non-hydrogen) atoms. The molecule has 0 fully saturated rings. The highest BCUT2D eigenvalue weighted by molar-refractivity contribution is 5.43. The van der Waals surface area contributed by atoms with E-state index in [4.69, 9.17) is 4.74 Å². The number of aromatic nitrogens is 2. The van der Waals surface area contributed by atoms with Crippen LogP contribution in [0.5, 0.6) is 11.6 Å². The number of anilines is 1. The number of hydrogen-bond acceptors (Lipinski definition) is 4. The lowest BCUT2D eigenvalue weighted by Crippen LogP contribution is -2.24. The quantitative estimate of drug-likeness (QED) is 0.762. The molecule has 0 spiro atoms. The number of ether oxygens (including phenoxy) is 1. The number of nitrogens with zero attached hydrogens (tertiary/aromatic N) is 3. The zero-order chi connectivity index (χ0) is 15.9. The largest absolute Gasteiger partial charge is 0.439 e. The number of halogens is 1. The maximum absolute atomic E-state index is 13.1. The first-order chi connectivity index (χ1) is 10.6. The van der Waals surface area contributed by atoms with Gasteiger partial charge in [0, 0.05) is 19.2 Å². The van der Waals surface area contributed by atoms with E-state index in [0.29, 0.717) is 11.6 Å². The van der Waals surface area contributed by atoms with Crippen molar-refractivity contribution in [2.24, 2.45) is 0 Å². The summed E-state index contributed by atoms with van der Waals surface area (Å²) in [5.41, 5.74) is 0.735. The molecule has 0 aliphatic carbocycles. The first kappa shape index (κ1) is 16.2. The smallest absolute Gasteiger partial charge is 0.224 e. The SMILES string of the molecule is CCCCN(CC)c1cc(Oc2ccc(F)cc2C)ncn1. The van der Waals surface area contributed by atoms with E-state index in [2.05, 4.69) is 28.7 Å². The van der Waals surface area contributed by atoms with Gasteiger partial charge in [0.15, 0.2) is 0 Å². The van der Waals surface area contributed by atoms with Crippen LogP contribution in [0.4, 0.5) is 10.2 Å². The highest BCUT2D eigenvalue weighted by atomic mass is 19.1. The minimum atomic E-state index is -0.273. The van der Waals surface area contributed by atoms with Gasteiger partial charge >= 0.3 is 0 Å². The van der Waals surface area contributed by atoms with Gasteiger partial charge in [0.2, 0.25) is 5.88 Å². The molecule has 0 radical (unpaired) electrons. The summed E-state index contributed by atoms with van der Waals surface area (Å²) in [6.45, 7) is 7.91. The average Bonchev–Trinajstić information content (AvgIpc) is 2.51. The van der Waals surface area contributed by atoms with Crippen LogP contribution in [0, 0.1) is 12.7 Å². The first-order valence-corrected chi connectivity index (χ1v) is 7.65. The van der Waals surface area contributed by atoms with Crippen molar-refractivity contribution in [2.45, 2.75) is 33.6 Å². The fourth-order valence-corrected chi connectivity index (χ4v) is 2.18. The molecule has 0 bridgehead atoms. The van der Waals surface area contributed by atoms with E-state index in [1.54, 1.807) is 13.0 Å². The molecule has 5 heteroatoms. The van der Waals surface area contributed by atoms with Crippen molar-refractivity contribution in [3.63, 3.8) is 0 Å². The van der Waals surface area contributed by atoms with Crippen LogP contribution in [0.25, 0.3) is 0 Å². The summed E-state index contributed by atoms with van der Waals surface area (Å²) in [7, 11) is 0. The average molecular weight is 303 g/mol. The minimum absolute atomic E-state index is 0.273. The van der Waals surface area contributed by atoms with Crippen molar-refractivity contribution < 1.29 is 9.13 Å². The molecule has 2 aromatic rings. The molecule has 118 valence electrons. The van der Waals surface area contributed by atoms with Gasteiger partial charge < -0.3 is 9.64 Å². The standard InChI is InChI=1S/C17H22FN3O/c1-4-6-9-21(5-2)16-11-17(20-12-19-16)22-15-8-7-14(18)10-13(15)3/h7-8,10-12H,4-6,9H2,1-3H3. The van der Waals surface area contributed by atoms with Crippen LogP contribution in [0.3, 0.4) is 0 Å². The number of benzene rings is 1. The van der Waals surface area contributed by atoms with Crippen molar-refractivity contribution in [1.29, 1.82) is 0 Å². The normalized spacial score (nSPS) is 10.5. The summed E-state index contributed by atoms with van der Waals surface area (Å²) < 4.78 is 18.9. The highest BCUT2D eigenvalue weighted by Crippen LogP contribution is 2.25. The molecule has 4 nitrogen and oxygen atoms in total. The van der Waals surface area contributed by atoms with Crippen molar-refractivity contribution in [1.82, 2.24) is 9.97 Å². The van der Waals surface area contributed by atoms with E-state index in [9.17, 15) is 4.39 Å².